The first kappa shape index (κ1) is 11.8. The van der Waals surface area contributed by atoms with Gasteiger partial charge in [0.25, 0.3) is 0 Å². The van der Waals surface area contributed by atoms with E-state index in [0.29, 0.717) is 6.61 Å². The van der Waals surface area contributed by atoms with Crippen LogP contribution in [0.2, 0.25) is 0 Å². The molecule has 4 heteroatoms. The van der Waals surface area contributed by atoms with E-state index in [9.17, 15) is 0 Å². The predicted molar refractivity (Wildman–Crippen MR) is 47.4 cm³/mol. The van der Waals surface area contributed by atoms with Crippen molar-refractivity contribution in [3.05, 3.63) is 0 Å². The molecule has 0 aliphatic rings. The van der Waals surface area contributed by atoms with E-state index in [1.54, 1.807) is 21.3 Å². The topological polar surface area (TPSA) is 39.7 Å². The smallest absolute Gasteiger partial charge is 0.0928 e. The van der Waals surface area contributed by atoms with Crippen LogP contribution in [0.4, 0.5) is 0 Å². The fourth-order valence-corrected chi connectivity index (χ4v) is 0.833. The van der Waals surface area contributed by atoms with Crippen LogP contribution in [-0.2, 0) is 14.2 Å². The predicted octanol–water partition coefficient (Wildman–Crippen LogP) is -0.116. The molecule has 1 atom stereocenters. The van der Waals surface area contributed by atoms with E-state index in [0.717, 1.165) is 19.7 Å². The van der Waals surface area contributed by atoms with E-state index in [-0.39, 0.29) is 6.10 Å². The molecule has 0 rings (SSSR count). The summed E-state index contributed by atoms with van der Waals surface area (Å²) in [5.41, 5.74) is 0. The first-order valence-electron chi connectivity index (χ1n) is 4.06. The third-order valence-electron chi connectivity index (χ3n) is 1.54. The van der Waals surface area contributed by atoms with Gasteiger partial charge in [0, 0.05) is 34.4 Å². The van der Waals surface area contributed by atoms with Gasteiger partial charge in [-0.15, -0.1) is 0 Å². The van der Waals surface area contributed by atoms with Crippen molar-refractivity contribution in [3.63, 3.8) is 0 Å². The molecule has 0 heterocycles. The van der Waals surface area contributed by atoms with E-state index >= 15 is 0 Å². The Bertz CT molecular complexity index is 90.4. The second-order valence-corrected chi connectivity index (χ2v) is 2.51. The Balaban J connectivity index is 3.19. The maximum absolute atomic E-state index is 5.14. The van der Waals surface area contributed by atoms with Gasteiger partial charge in [0.2, 0.25) is 0 Å². The number of rotatable bonds is 8. The molecule has 0 aromatic rings. The zero-order chi connectivity index (χ0) is 9.23. The van der Waals surface area contributed by atoms with Crippen molar-refractivity contribution < 1.29 is 14.2 Å². The number of hydrogen-bond acceptors (Lipinski definition) is 4. The lowest BCUT2D eigenvalue weighted by Crippen LogP contribution is -2.33. The molecule has 0 aliphatic heterocycles. The van der Waals surface area contributed by atoms with Crippen molar-refractivity contribution in [1.82, 2.24) is 5.32 Å². The molecule has 74 valence electrons. The van der Waals surface area contributed by atoms with E-state index < -0.39 is 0 Å². The third-order valence-corrected chi connectivity index (χ3v) is 1.54. The monoisotopic (exact) mass is 177 g/mol. The van der Waals surface area contributed by atoms with Crippen LogP contribution >= 0.6 is 0 Å². The largest absolute Gasteiger partial charge is 0.383 e. The van der Waals surface area contributed by atoms with E-state index in [4.69, 9.17) is 14.2 Å². The minimum Gasteiger partial charge on any atom is -0.383 e. The summed E-state index contributed by atoms with van der Waals surface area (Å²) in [7, 11) is 5.04. The van der Waals surface area contributed by atoms with Gasteiger partial charge in [-0.05, 0) is 0 Å². The molecule has 0 aromatic carbocycles. The van der Waals surface area contributed by atoms with Crippen LogP contribution in [0.1, 0.15) is 0 Å². The Morgan fingerprint density at radius 3 is 2.42 bits per heavy atom. The Labute approximate surface area is 74.2 Å². The lowest BCUT2D eigenvalue weighted by molar-refractivity contribution is 0.0281. The van der Waals surface area contributed by atoms with Gasteiger partial charge in [0.05, 0.1) is 19.3 Å². The minimum atomic E-state index is 0.131. The fourth-order valence-electron chi connectivity index (χ4n) is 0.833. The molecule has 0 saturated carbocycles. The average Bonchev–Trinajstić information content (AvgIpc) is 2.10. The molecule has 1 unspecified atom stereocenters. The normalized spacial score (nSPS) is 13.2. The molecule has 0 fully saturated rings. The number of hydrogen-bond donors (Lipinski definition) is 1. The molecular formula is C8H19NO3. The van der Waals surface area contributed by atoms with Crippen LogP contribution in [0.5, 0.6) is 0 Å². The van der Waals surface area contributed by atoms with Crippen molar-refractivity contribution in [2.75, 3.05) is 47.6 Å². The zero-order valence-electron chi connectivity index (χ0n) is 8.13. The third kappa shape index (κ3) is 6.54. The van der Waals surface area contributed by atoms with Crippen LogP contribution in [0.25, 0.3) is 0 Å². The van der Waals surface area contributed by atoms with Crippen molar-refractivity contribution >= 4 is 0 Å². The molecule has 0 aromatic heterocycles. The van der Waals surface area contributed by atoms with Crippen LogP contribution in [0, 0.1) is 0 Å². The second kappa shape index (κ2) is 8.93. The quantitative estimate of drug-likeness (QED) is 0.525. The van der Waals surface area contributed by atoms with E-state index in [1.807, 2.05) is 0 Å². The Kier molecular flexibility index (Phi) is 8.81. The highest BCUT2D eigenvalue weighted by Gasteiger charge is 2.04. The average molecular weight is 177 g/mol. The molecule has 1 N–H and O–H groups in total. The molecule has 12 heavy (non-hydrogen) atoms. The van der Waals surface area contributed by atoms with Crippen LogP contribution < -0.4 is 5.32 Å². The molecule has 0 spiro atoms. The number of nitrogens with one attached hydrogen (secondary N) is 1. The fraction of sp³-hybridized carbons (Fsp3) is 1.00. The van der Waals surface area contributed by atoms with Gasteiger partial charge in [0.1, 0.15) is 0 Å². The van der Waals surface area contributed by atoms with Crippen molar-refractivity contribution in [2.45, 2.75) is 6.10 Å². The summed E-state index contributed by atoms with van der Waals surface area (Å²) in [6.07, 6.45) is 0.131. The Morgan fingerprint density at radius 1 is 1.17 bits per heavy atom. The standard InChI is InChI=1S/C8H19NO3/c1-10-5-4-9-6-8(12-3)7-11-2/h8-9H,4-7H2,1-3H3. The van der Waals surface area contributed by atoms with Crippen molar-refractivity contribution in [3.8, 4) is 0 Å². The molecule has 0 saturated heterocycles. The lowest BCUT2D eigenvalue weighted by Gasteiger charge is -2.14. The van der Waals surface area contributed by atoms with Gasteiger partial charge < -0.3 is 19.5 Å². The molecular weight excluding hydrogens is 158 g/mol. The first-order chi connectivity index (χ1) is 5.85. The van der Waals surface area contributed by atoms with Gasteiger partial charge in [0.15, 0.2) is 0 Å². The maximum atomic E-state index is 5.14. The first-order valence-corrected chi connectivity index (χ1v) is 4.06. The van der Waals surface area contributed by atoms with Gasteiger partial charge >= 0.3 is 0 Å². The number of ether oxygens (including phenoxy) is 3. The summed E-state index contributed by atoms with van der Waals surface area (Å²) in [6, 6.07) is 0. The van der Waals surface area contributed by atoms with Gasteiger partial charge in [-0.1, -0.05) is 0 Å². The summed E-state index contributed by atoms with van der Waals surface area (Å²) < 4.78 is 15.0. The van der Waals surface area contributed by atoms with Gasteiger partial charge in [-0.25, -0.2) is 0 Å². The minimum absolute atomic E-state index is 0.131. The number of methoxy groups -OCH3 is 3. The Hall–Kier alpha value is -0.160. The van der Waals surface area contributed by atoms with Gasteiger partial charge in [-0.2, -0.15) is 0 Å². The summed E-state index contributed by atoms with van der Waals surface area (Å²) >= 11 is 0. The molecule has 4 nitrogen and oxygen atoms in total. The van der Waals surface area contributed by atoms with Crippen molar-refractivity contribution in [2.24, 2.45) is 0 Å². The van der Waals surface area contributed by atoms with Crippen LogP contribution in [-0.4, -0.2) is 53.7 Å². The summed E-state index contributed by atoms with van der Waals surface area (Å²) in [4.78, 5) is 0. The Morgan fingerprint density at radius 2 is 1.92 bits per heavy atom. The molecule has 0 aliphatic carbocycles. The lowest BCUT2D eigenvalue weighted by atomic mass is 10.4. The van der Waals surface area contributed by atoms with Crippen LogP contribution in [0.3, 0.4) is 0 Å². The maximum Gasteiger partial charge on any atom is 0.0928 e. The van der Waals surface area contributed by atoms with Crippen LogP contribution in [0.15, 0.2) is 0 Å². The second-order valence-electron chi connectivity index (χ2n) is 2.51. The molecule has 0 amide bonds. The highest BCUT2D eigenvalue weighted by Crippen LogP contribution is 1.87. The summed E-state index contributed by atoms with van der Waals surface area (Å²) in [5.74, 6) is 0. The van der Waals surface area contributed by atoms with Gasteiger partial charge in [-0.3, -0.25) is 0 Å². The highest BCUT2D eigenvalue weighted by atomic mass is 16.5. The summed E-state index contributed by atoms with van der Waals surface area (Å²) in [5, 5.41) is 3.19. The van der Waals surface area contributed by atoms with E-state index in [1.165, 1.54) is 0 Å². The molecule has 0 radical (unpaired) electrons. The SMILES string of the molecule is COCCNCC(COC)OC. The molecule has 0 bridgehead atoms. The zero-order valence-corrected chi connectivity index (χ0v) is 8.13. The van der Waals surface area contributed by atoms with Crippen molar-refractivity contribution in [1.29, 1.82) is 0 Å². The van der Waals surface area contributed by atoms with E-state index in [2.05, 4.69) is 5.32 Å². The summed E-state index contributed by atoms with van der Waals surface area (Å²) in [6.45, 7) is 2.99. The highest BCUT2D eigenvalue weighted by molar-refractivity contribution is 4.59.